The molecule has 1 N–H and O–H groups in total. The first-order chi connectivity index (χ1) is 22.1. The number of thiophene rings is 1. The maximum Gasteiger partial charge on any atom is 0 e. The molecule has 5 rings (SSSR count). The second-order valence-electron chi connectivity index (χ2n) is 14.3. The smallest absolute Gasteiger partial charge is 0 e. The number of nitrogens with zero attached hydrogens (tertiary/aromatic N) is 2. The van der Waals surface area contributed by atoms with Gasteiger partial charge in [-0.2, -0.15) is 0 Å². The van der Waals surface area contributed by atoms with Gasteiger partial charge in [0.15, 0.2) is 5.78 Å². The van der Waals surface area contributed by atoms with Gasteiger partial charge in [-0.05, 0) is 25.7 Å². The van der Waals surface area contributed by atoms with E-state index in [9.17, 15) is 9.90 Å². The average molecular weight is 890 g/mol. The molecule has 4 nitrogen and oxygen atoms in total. The Morgan fingerprint density at radius 2 is 1.60 bits per heavy atom. The number of allylic oxidation sites excluding steroid dienone is 2. The molecular weight excluding hydrogens is 837 g/mol. The normalized spacial score (nSPS) is 12.8. The fourth-order valence-electron chi connectivity index (χ4n) is 5.94. The van der Waals surface area contributed by atoms with Crippen LogP contribution in [0.4, 0.5) is 0 Å². The minimum atomic E-state index is -1.94. The van der Waals surface area contributed by atoms with Crippen molar-refractivity contribution in [2.45, 2.75) is 96.8 Å². The van der Waals surface area contributed by atoms with Crippen LogP contribution in [0.1, 0.15) is 81.1 Å². The second kappa shape index (κ2) is 16.3. The molecule has 0 unspecified atom stereocenters. The molecule has 0 saturated carbocycles. The van der Waals surface area contributed by atoms with Gasteiger partial charge in [0.1, 0.15) is 0 Å². The van der Waals surface area contributed by atoms with Crippen molar-refractivity contribution in [1.29, 1.82) is 0 Å². The van der Waals surface area contributed by atoms with Crippen molar-refractivity contribution < 1.29 is 31.4 Å². The summed E-state index contributed by atoms with van der Waals surface area (Å²) < 4.78 is 12.1. The Balaban J connectivity index is 0.000000334. The maximum absolute atomic E-state index is 11.7. The summed E-state index contributed by atoms with van der Waals surface area (Å²) in [5, 5.41) is 13.2. The number of carbonyl (C=O) groups excluding carboxylic acids is 1. The monoisotopic (exact) mass is 891 g/mol. The van der Waals surface area contributed by atoms with Gasteiger partial charge < -0.3 is 5.11 Å². The van der Waals surface area contributed by atoms with E-state index >= 15 is 0 Å². The SMILES string of the molecule is CCC(CC)C(=O)/C=C(\O)C(CC)CC.[2H]c1nc(-c2[c-]c3ccccc3c(C(C)(C)C)c2)c2sc3c[c]([Ge]([CH3])([CH3])[CH3])ccc3c2n1.[Ir]. The zero-order valence-corrected chi connectivity index (χ0v) is 35.0. The molecule has 3 aromatic carbocycles. The van der Waals surface area contributed by atoms with Gasteiger partial charge >= 0.3 is 193 Å². The number of aliphatic hydroxyl groups is 1. The Morgan fingerprint density at radius 3 is 2.19 bits per heavy atom. The summed E-state index contributed by atoms with van der Waals surface area (Å²) in [6.07, 6.45) is 4.97. The van der Waals surface area contributed by atoms with E-state index in [4.69, 9.17) is 1.37 Å². The standard InChI is InChI=1S/C27H27GeN2S.C13H24O2.Ir/c1-27(2,3)22-14-18(13-17-9-7-8-10-20(17)22)24-26-25(30-16-29-24)21-12-11-19(28(4,5)6)15-23(21)31-26;1-5-10(6-2)12(14)9-13(15)11(7-3)8-4;/h7-12,14-16H,1-6H3;9-11,14H,5-8H2,1-4H3;/q-1;;/b;12-9-;/i16D;;. The Hall–Kier alpha value is -2.38. The number of aliphatic hydroxyl groups excluding tert-OH is 1. The fourth-order valence-corrected chi connectivity index (χ4v) is 9.78. The van der Waals surface area contributed by atoms with E-state index in [2.05, 4.69) is 103 Å². The summed E-state index contributed by atoms with van der Waals surface area (Å²) >= 11 is -0.201. The molecule has 253 valence electrons. The van der Waals surface area contributed by atoms with Crippen LogP contribution in [0.15, 0.2) is 66.7 Å². The number of fused-ring (bicyclic) bond motifs is 4. The molecule has 0 spiro atoms. The zero-order chi connectivity index (χ0) is 34.7. The van der Waals surface area contributed by atoms with Crippen LogP contribution < -0.4 is 4.40 Å². The predicted octanol–water partition coefficient (Wildman–Crippen LogP) is 11.2. The van der Waals surface area contributed by atoms with Crippen molar-refractivity contribution in [3.05, 3.63) is 78.3 Å². The molecule has 47 heavy (non-hydrogen) atoms. The maximum atomic E-state index is 11.7. The summed E-state index contributed by atoms with van der Waals surface area (Å²) in [5.74, 6) is 7.80. The Kier molecular flexibility index (Phi) is 13.0. The van der Waals surface area contributed by atoms with Crippen molar-refractivity contribution in [3.63, 3.8) is 0 Å². The van der Waals surface area contributed by atoms with E-state index in [0.29, 0.717) is 0 Å². The summed E-state index contributed by atoms with van der Waals surface area (Å²) in [6, 6.07) is 21.0. The number of carbonyl (C=O) groups is 1. The van der Waals surface area contributed by atoms with Crippen LogP contribution in [0.5, 0.6) is 0 Å². The van der Waals surface area contributed by atoms with Crippen molar-refractivity contribution in [2.24, 2.45) is 11.8 Å². The largest absolute Gasteiger partial charge is 0 e. The number of hydrogen-bond acceptors (Lipinski definition) is 5. The van der Waals surface area contributed by atoms with Gasteiger partial charge in [-0.3, -0.25) is 4.79 Å². The molecule has 0 atom stereocenters. The van der Waals surface area contributed by atoms with Crippen LogP contribution in [-0.2, 0) is 30.3 Å². The molecule has 2 aromatic heterocycles. The Morgan fingerprint density at radius 1 is 0.957 bits per heavy atom. The van der Waals surface area contributed by atoms with Gasteiger partial charge in [-0.25, -0.2) is 0 Å². The summed E-state index contributed by atoms with van der Waals surface area (Å²) in [4.78, 5) is 20.9. The number of ketones is 1. The zero-order valence-electron chi connectivity index (χ0n) is 30.7. The number of hydrogen-bond donors (Lipinski definition) is 1. The van der Waals surface area contributed by atoms with Gasteiger partial charge in [-0.15, -0.1) is 0 Å². The number of rotatable bonds is 9. The van der Waals surface area contributed by atoms with E-state index in [-0.39, 0.29) is 55.2 Å². The molecule has 7 heteroatoms. The van der Waals surface area contributed by atoms with Gasteiger partial charge in [0.25, 0.3) is 0 Å². The molecule has 0 aliphatic heterocycles. The Labute approximate surface area is 303 Å². The minimum Gasteiger partial charge on any atom is 0 e. The molecular formula is C40H51GeIrN2O2S-. The second-order valence-corrected chi connectivity index (χ2v) is 26.0. The molecule has 0 fully saturated rings. The average Bonchev–Trinajstić information content (AvgIpc) is 3.38. The molecule has 0 saturated heterocycles. The van der Waals surface area contributed by atoms with Gasteiger partial charge in [0, 0.05) is 38.0 Å². The first-order valence-electron chi connectivity index (χ1n) is 17.2. The molecule has 0 amide bonds. The van der Waals surface area contributed by atoms with Crippen LogP contribution in [-0.4, -0.2) is 34.1 Å². The first-order valence-corrected chi connectivity index (χ1v) is 24.9. The van der Waals surface area contributed by atoms with Gasteiger partial charge in [-0.1, -0.05) is 27.7 Å². The van der Waals surface area contributed by atoms with Crippen LogP contribution in [0.25, 0.3) is 42.3 Å². The van der Waals surface area contributed by atoms with E-state index < -0.39 is 13.3 Å². The third kappa shape index (κ3) is 9.00. The van der Waals surface area contributed by atoms with Gasteiger partial charge in [0.05, 0.1) is 5.76 Å². The molecule has 1 radical (unpaired) electrons. The molecule has 2 heterocycles. The number of benzene rings is 3. The summed E-state index contributed by atoms with van der Waals surface area (Å²) in [6.45, 7) is 14.8. The third-order valence-corrected chi connectivity index (χ3v) is 14.4. The quantitative estimate of drug-likeness (QED) is 0.0693. The van der Waals surface area contributed by atoms with Crippen molar-refractivity contribution in [3.8, 4) is 11.3 Å². The van der Waals surface area contributed by atoms with Crippen molar-refractivity contribution in [2.75, 3.05) is 0 Å². The Bertz CT molecular complexity index is 1910. The molecule has 0 aliphatic rings. The van der Waals surface area contributed by atoms with E-state index in [0.717, 1.165) is 57.9 Å². The van der Waals surface area contributed by atoms with E-state index in [1.165, 1.54) is 26.1 Å². The molecule has 5 aromatic rings. The van der Waals surface area contributed by atoms with Crippen LogP contribution >= 0.6 is 11.3 Å². The van der Waals surface area contributed by atoms with Crippen molar-refractivity contribution >= 4 is 65.9 Å². The van der Waals surface area contributed by atoms with Gasteiger partial charge in [0.2, 0.25) is 0 Å². The number of aromatic nitrogens is 2. The predicted molar refractivity (Wildman–Crippen MR) is 202 cm³/mol. The molecule has 0 bridgehead atoms. The van der Waals surface area contributed by atoms with Crippen LogP contribution in [0, 0.1) is 17.9 Å². The third-order valence-electron chi connectivity index (χ3n) is 8.99. The fraction of sp³-hybridized carbons (Fsp3) is 0.425. The summed E-state index contributed by atoms with van der Waals surface area (Å²) in [7, 11) is 0. The van der Waals surface area contributed by atoms with Crippen LogP contribution in [0.3, 0.4) is 0 Å². The molecule has 0 aliphatic carbocycles. The van der Waals surface area contributed by atoms with Crippen LogP contribution in [0.2, 0.25) is 17.3 Å². The van der Waals surface area contributed by atoms with E-state index in [1.807, 2.05) is 27.7 Å². The first kappa shape index (κ1) is 37.4. The van der Waals surface area contributed by atoms with Crippen molar-refractivity contribution in [1.82, 2.24) is 9.97 Å². The van der Waals surface area contributed by atoms with E-state index in [1.54, 1.807) is 11.3 Å². The minimum absolute atomic E-state index is 0. The summed E-state index contributed by atoms with van der Waals surface area (Å²) in [5.41, 5.74) is 3.88. The topological polar surface area (TPSA) is 63.1 Å².